The van der Waals surface area contributed by atoms with Crippen molar-refractivity contribution in [1.29, 1.82) is 0 Å². The van der Waals surface area contributed by atoms with E-state index in [0.717, 1.165) is 13.1 Å². The summed E-state index contributed by atoms with van der Waals surface area (Å²) in [5.41, 5.74) is 0.356. The summed E-state index contributed by atoms with van der Waals surface area (Å²) in [5, 5.41) is 5.47. The maximum absolute atomic E-state index is 3.31. The fraction of sp³-hybridized carbons (Fsp3) is 0.714. The molecule has 1 rings (SSSR count). The fourth-order valence-corrected chi connectivity index (χ4v) is 3.05. The van der Waals surface area contributed by atoms with Crippen molar-refractivity contribution in [1.82, 2.24) is 10.2 Å². The lowest BCUT2D eigenvalue weighted by Crippen LogP contribution is -2.40. The molecule has 0 saturated heterocycles. The highest BCUT2D eigenvalue weighted by atomic mass is 32.1. The van der Waals surface area contributed by atoms with E-state index in [9.17, 15) is 0 Å². The van der Waals surface area contributed by atoms with Gasteiger partial charge in [-0.2, -0.15) is 0 Å². The highest BCUT2D eigenvalue weighted by molar-refractivity contribution is 7.10. The molecule has 3 heteroatoms. The normalized spacial score (nSPS) is 17.1. The second-order valence-electron chi connectivity index (χ2n) is 5.30. The van der Waals surface area contributed by atoms with Gasteiger partial charge in [-0.3, -0.25) is 4.90 Å². The predicted octanol–water partition coefficient (Wildman–Crippen LogP) is 3.38. The first kappa shape index (κ1) is 14.7. The summed E-state index contributed by atoms with van der Waals surface area (Å²) in [7, 11) is 4.27. The Morgan fingerprint density at radius 2 is 2.24 bits per heavy atom. The van der Waals surface area contributed by atoms with E-state index in [1.807, 2.05) is 18.4 Å². The molecule has 2 atom stereocenters. The van der Waals surface area contributed by atoms with Crippen LogP contribution in [-0.2, 0) is 0 Å². The number of hydrogen-bond acceptors (Lipinski definition) is 3. The maximum atomic E-state index is 3.31. The highest BCUT2D eigenvalue weighted by Crippen LogP contribution is 2.28. The van der Waals surface area contributed by atoms with Crippen LogP contribution >= 0.6 is 11.3 Å². The summed E-state index contributed by atoms with van der Waals surface area (Å²) in [5.74, 6) is 0. The van der Waals surface area contributed by atoms with Gasteiger partial charge in [-0.15, -0.1) is 11.3 Å². The Balaban J connectivity index is 2.61. The monoisotopic (exact) mass is 254 g/mol. The second-order valence-corrected chi connectivity index (χ2v) is 6.28. The number of hydrogen-bond donors (Lipinski definition) is 1. The van der Waals surface area contributed by atoms with Gasteiger partial charge in [-0.05, 0) is 44.3 Å². The first-order valence-corrected chi connectivity index (χ1v) is 7.28. The molecule has 0 fully saturated rings. The summed E-state index contributed by atoms with van der Waals surface area (Å²) < 4.78 is 0. The smallest absolute Gasteiger partial charge is 0.0410 e. The summed E-state index contributed by atoms with van der Waals surface area (Å²) in [6.07, 6.45) is 1.20. The third kappa shape index (κ3) is 4.09. The van der Waals surface area contributed by atoms with Crippen LogP contribution in [0.4, 0.5) is 0 Å². The van der Waals surface area contributed by atoms with Gasteiger partial charge in [0, 0.05) is 24.0 Å². The lowest BCUT2D eigenvalue weighted by molar-refractivity contribution is 0.151. The van der Waals surface area contributed by atoms with Crippen molar-refractivity contribution in [2.45, 2.75) is 33.2 Å². The molecule has 0 aliphatic heterocycles. The number of thiophene rings is 1. The topological polar surface area (TPSA) is 15.3 Å². The molecular weight excluding hydrogens is 228 g/mol. The zero-order valence-electron chi connectivity index (χ0n) is 11.8. The van der Waals surface area contributed by atoms with Crippen LogP contribution in [0.3, 0.4) is 0 Å². The van der Waals surface area contributed by atoms with Gasteiger partial charge in [0.25, 0.3) is 0 Å². The van der Waals surface area contributed by atoms with E-state index < -0.39 is 0 Å². The molecule has 17 heavy (non-hydrogen) atoms. The van der Waals surface area contributed by atoms with Gasteiger partial charge >= 0.3 is 0 Å². The van der Waals surface area contributed by atoms with Crippen LogP contribution in [0.25, 0.3) is 0 Å². The van der Waals surface area contributed by atoms with Crippen LogP contribution in [0.5, 0.6) is 0 Å². The summed E-state index contributed by atoms with van der Waals surface area (Å²) in [6, 6.07) is 4.88. The predicted molar refractivity (Wildman–Crippen MR) is 77.7 cm³/mol. The van der Waals surface area contributed by atoms with Crippen molar-refractivity contribution in [3.63, 3.8) is 0 Å². The Hall–Kier alpha value is -0.380. The third-order valence-corrected chi connectivity index (χ3v) is 4.75. The summed E-state index contributed by atoms with van der Waals surface area (Å²) in [6.45, 7) is 9.14. The van der Waals surface area contributed by atoms with E-state index in [4.69, 9.17) is 0 Å². The van der Waals surface area contributed by atoms with E-state index in [1.54, 1.807) is 0 Å². The van der Waals surface area contributed by atoms with E-state index in [-0.39, 0.29) is 0 Å². The van der Waals surface area contributed by atoms with Gasteiger partial charge in [0.2, 0.25) is 0 Å². The van der Waals surface area contributed by atoms with Gasteiger partial charge in [-0.1, -0.05) is 19.9 Å². The van der Waals surface area contributed by atoms with E-state index in [1.165, 1.54) is 11.3 Å². The van der Waals surface area contributed by atoms with Crippen molar-refractivity contribution in [2.24, 2.45) is 5.41 Å². The van der Waals surface area contributed by atoms with E-state index in [2.05, 4.69) is 55.5 Å². The lowest BCUT2D eigenvalue weighted by Gasteiger charge is -2.35. The fourth-order valence-electron chi connectivity index (χ4n) is 2.20. The molecule has 0 radical (unpaired) electrons. The molecule has 0 aromatic carbocycles. The van der Waals surface area contributed by atoms with Gasteiger partial charge in [0.1, 0.15) is 0 Å². The SMILES string of the molecule is CCC(C)(CNC)CN(C)C(C)c1cccs1. The molecular formula is C14H26N2S. The minimum Gasteiger partial charge on any atom is -0.319 e. The molecule has 1 heterocycles. The molecule has 98 valence electrons. The molecule has 0 bridgehead atoms. The zero-order chi connectivity index (χ0) is 12.9. The van der Waals surface area contributed by atoms with Crippen molar-refractivity contribution in [2.75, 3.05) is 27.2 Å². The van der Waals surface area contributed by atoms with Crippen LogP contribution in [0, 0.1) is 5.41 Å². The average Bonchev–Trinajstić information content (AvgIpc) is 2.81. The summed E-state index contributed by atoms with van der Waals surface area (Å²) in [4.78, 5) is 3.92. The second kappa shape index (κ2) is 6.53. The van der Waals surface area contributed by atoms with Gasteiger partial charge in [0.05, 0.1) is 0 Å². The molecule has 1 aromatic rings. The van der Waals surface area contributed by atoms with Crippen LogP contribution in [0.15, 0.2) is 17.5 Å². The quantitative estimate of drug-likeness (QED) is 0.802. The standard InChI is InChI=1S/C14H26N2S/c1-6-14(3,10-15-4)11-16(5)12(2)13-8-7-9-17-13/h7-9,12,15H,6,10-11H2,1-5H3. The van der Waals surface area contributed by atoms with Crippen LogP contribution in [-0.4, -0.2) is 32.1 Å². The number of nitrogens with zero attached hydrogens (tertiary/aromatic N) is 1. The van der Waals surface area contributed by atoms with Gasteiger partial charge < -0.3 is 5.32 Å². The zero-order valence-corrected chi connectivity index (χ0v) is 12.6. The molecule has 1 aromatic heterocycles. The third-order valence-electron chi connectivity index (χ3n) is 3.70. The largest absolute Gasteiger partial charge is 0.319 e. The van der Waals surface area contributed by atoms with Crippen LogP contribution in [0.2, 0.25) is 0 Å². The number of nitrogens with one attached hydrogen (secondary N) is 1. The molecule has 0 aliphatic carbocycles. The van der Waals surface area contributed by atoms with E-state index >= 15 is 0 Å². The van der Waals surface area contributed by atoms with Crippen LogP contribution < -0.4 is 5.32 Å². The Labute approximate surface area is 110 Å². The first-order chi connectivity index (χ1) is 8.02. The van der Waals surface area contributed by atoms with E-state index in [0.29, 0.717) is 11.5 Å². The van der Waals surface area contributed by atoms with Gasteiger partial charge in [0.15, 0.2) is 0 Å². The first-order valence-electron chi connectivity index (χ1n) is 6.40. The van der Waals surface area contributed by atoms with Crippen molar-refractivity contribution in [3.8, 4) is 0 Å². The Morgan fingerprint density at radius 3 is 2.71 bits per heavy atom. The molecule has 2 unspecified atom stereocenters. The Bertz CT molecular complexity index is 310. The minimum absolute atomic E-state index is 0.356. The van der Waals surface area contributed by atoms with Crippen molar-refractivity contribution in [3.05, 3.63) is 22.4 Å². The maximum Gasteiger partial charge on any atom is 0.0410 e. The molecule has 0 saturated carbocycles. The Kier molecular flexibility index (Phi) is 5.63. The Morgan fingerprint density at radius 1 is 1.53 bits per heavy atom. The lowest BCUT2D eigenvalue weighted by atomic mass is 9.86. The number of rotatable bonds is 7. The molecule has 0 amide bonds. The highest BCUT2D eigenvalue weighted by Gasteiger charge is 2.25. The molecule has 0 spiro atoms. The minimum atomic E-state index is 0.356. The molecule has 2 nitrogen and oxygen atoms in total. The molecule has 0 aliphatic rings. The van der Waals surface area contributed by atoms with Crippen LogP contribution in [0.1, 0.15) is 38.1 Å². The average molecular weight is 254 g/mol. The van der Waals surface area contributed by atoms with Gasteiger partial charge in [-0.25, -0.2) is 0 Å². The van der Waals surface area contributed by atoms with Crippen molar-refractivity contribution < 1.29 is 0 Å². The summed E-state index contributed by atoms with van der Waals surface area (Å²) >= 11 is 1.85. The molecule has 1 N–H and O–H groups in total. The van der Waals surface area contributed by atoms with Crippen molar-refractivity contribution >= 4 is 11.3 Å².